The van der Waals surface area contributed by atoms with Gasteiger partial charge >= 0.3 is 6.18 Å². The van der Waals surface area contributed by atoms with E-state index in [1.54, 1.807) is 19.9 Å². The molecule has 7 heteroatoms. The number of nitrogens with zero attached hydrogens (tertiary/aromatic N) is 1. The van der Waals surface area contributed by atoms with Crippen LogP contribution in [-0.2, 0) is 11.3 Å². The lowest BCUT2D eigenvalue weighted by Crippen LogP contribution is -2.17. The molecule has 18 heavy (non-hydrogen) atoms. The van der Waals surface area contributed by atoms with Crippen LogP contribution in [0.5, 0.6) is 0 Å². The first kappa shape index (κ1) is 14.4. The van der Waals surface area contributed by atoms with E-state index < -0.39 is 24.3 Å². The van der Waals surface area contributed by atoms with Crippen LogP contribution < -0.4 is 0 Å². The van der Waals surface area contributed by atoms with E-state index in [4.69, 9.17) is 0 Å². The third kappa shape index (κ3) is 3.69. The predicted octanol–water partition coefficient (Wildman–Crippen LogP) is 3.29. The smallest absolute Gasteiger partial charge is 0.367 e. The van der Waals surface area contributed by atoms with Gasteiger partial charge in [-0.15, -0.1) is 0 Å². The molecule has 0 N–H and O–H groups in total. The SMILES string of the molecule is Cc1ccc(COCC(F)(F)F)c([N+](=O)[O-])c1C. The maximum atomic E-state index is 11.9. The van der Waals surface area contributed by atoms with Gasteiger partial charge in [-0.3, -0.25) is 10.1 Å². The maximum Gasteiger partial charge on any atom is 0.411 e. The summed E-state index contributed by atoms with van der Waals surface area (Å²) in [6.07, 6.45) is -4.44. The van der Waals surface area contributed by atoms with E-state index >= 15 is 0 Å². The normalized spacial score (nSPS) is 11.6. The Morgan fingerprint density at radius 1 is 1.33 bits per heavy atom. The highest BCUT2D eigenvalue weighted by molar-refractivity contribution is 5.50. The van der Waals surface area contributed by atoms with Crippen LogP contribution in [-0.4, -0.2) is 17.7 Å². The first-order valence-electron chi connectivity index (χ1n) is 5.10. The average Bonchev–Trinajstić information content (AvgIpc) is 2.21. The second-order valence-electron chi connectivity index (χ2n) is 3.88. The molecule has 1 rings (SSSR count). The van der Waals surface area contributed by atoms with Crippen molar-refractivity contribution in [2.24, 2.45) is 0 Å². The summed E-state index contributed by atoms with van der Waals surface area (Å²) in [5.74, 6) is 0. The number of alkyl halides is 3. The van der Waals surface area contributed by atoms with E-state index in [9.17, 15) is 23.3 Å². The molecule has 0 radical (unpaired) electrons. The van der Waals surface area contributed by atoms with Gasteiger partial charge in [-0.1, -0.05) is 6.07 Å². The molecule has 1 aromatic carbocycles. The summed E-state index contributed by atoms with van der Waals surface area (Å²) in [6, 6.07) is 3.03. The van der Waals surface area contributed by atoms with Gasteiger partial charge in [0.2, 0.25) is 0 Å². The lowest BCUT2D eigenvalue weighted by molar-refractivity contribution is -0.386. The Bertz CT molecular complexity index is 458. The van der Waals surface area contributed by atoms with Crippen molar-refractivity contribution < 1.29 is 22.8 Å². The van der Waals surface area contributed by atoms with Crippen molar-refractivity contribution in [1.29, 1.82) is 0 Å². The third-order valence-electron chi connectivity index (χ3n) is 2.49. The third-order valence-corrected chi connectivity index (χ3v) is 2.49. The Labute approximate surface area is 102 Å². The summed E-state index contributed by atoms with van der Waals surface area (Å²) < 4.78 is 40.1. The highest BCUT2D eigenvalue weighted by Gasteiger charge is 2.28. The van der Waals surface area contributed by atoms with Crippen LogP contribution in [0.2, 0.25) is 0 Å². The summed E-state index contributed by atoms with van der Waals surface area (Å²) in [5, 5.41) is 10.9. The molecule has 0 spiro atoms. The van der Waals surface area contributed by atoms with Gasteiger partial charge < -0.3 is 4.74 Å². The Balaban J connectivity index is 2.89. The number of ether oxygens (including phenoxy) is 1. The fraction of sp³-hybridized carbons (Fsp3) is 0.455. The van der Waals surface area contributed by atoms with Gasteiger partial charge in [-0.25, -0.2) is 0 Å². The lowest BCUT2D eigenvalue weighted by atomic mass is 10.0. The first-order chi connectivity index (χ1) is 8.22. The van der Waals surface area contributed by atoms with Gasteiger partial charge in [0.25, 0.3) is 5.69 Å². The van der Waals surface area contributed by atoms with Crippen molar-refractivity contribution in [2.75, 3.05) is 6.61 Å². The summed E-state index contributed by atoms with van der Waals surface area (Å²) in [6.45, 7) is 1.40. The Morgan fingerprint density at radius 3 is 2.44 bits per heavy atom. The quantitative estimate of drug-likeness (QED) is 0.618. The summed E-state index contributed by atoms with van der Waals surface area (Å²) >= 11 is 0. The van der Waals surface area contributed by atoms with Crippen LogP contribution in [0, 0.1) is 24.0 Å². The van der Waals surface area contributed by atoms with E-state index in [1.807, 2.05) is 0 Å². The molecule has 0 aliphatic rings. The molecule has 0 amide bonds. The first-order valence-corrected chi connectivity index (χ1v) is 5.10. The molecule has 0 aliphatic heterocycles. The zero-order chi connectivity index (χ0) is 13.9. The van der Waals surface area contributed by atoms with E-state index in [2.05, 4.69) is 4.74 Å². The summed E-state index contributed by atoms with van der Waals surface area (Å²) in [7, 11) is 0. The Kier molecular flexibility index (Phi) is 4.28. The number of nitro groups is 1. The molecular formula is C11H12F3NO3. The van der Waals surface area contributed by atoms with Gasteiger partial charge in [0.15, 0.2) is 0 Å². The molecule has 1 aromatic rings. The molecule has 0 aromatic heterocycles. The zero-order valence-corrected chi connectivity index (χ0v) is 9.87. The molecule has 0 saturated heterocycles. The fourth-order valence-corrected chi connectivity index (χ4v) is 1.50. The Morgan fingerprint density at radius 2 is 1.94 bits per heavy atom. The van der Waals surface area contributed by atoms with E-state index in [1.165, 1.54) is 6.07 Å². The number of nitro benzene ring substituents is 1. The van der Waals surface area contributed by atoms with Crippen LogP contribution in [0.4, 0.5) is 18.9 Å². The van der Waals surface area contributed by atoms with Crippen molar-refractivity contribution in [3.63, 3.8) is 0 Å². The van der Waals surface area contributed by atoms with Crippen molar-refractivity contribution in [1.82, 2.24) is 0 Å². The second kappa shape index (κ2) is 5.34. The minimum Gasteiger partial charge on any atom is -0.367 e. The minimum absolute atomic E-state index is 0.146. The average molecular weight is 263 g/mol. The van der Waals surface area contributed by atoms with Gasteiger partial charge in [0, 0.05) is 5.56 Å². The predicted molar refractivity (Wildman–Crippen MR) is 58.3 cm³/mol. The molecule has 0 bridgehead atoms. The molecule has 0 fully saturated rings. The van der Waals surface area contributed by atoms with E-state index in [0.717, 1.165) is 0 Å². The molecular weight excluding hydrogens is 251 g/mol. The number of hydrogen-bond donors (Lipinski definition) is 0. The van der Waals surface area contributed by atoms with E-state index in [-0.39, 0.29) is 11.3 Å². The van der Waals surface area contributed by atoms with Crippen molar-refractivity contribution in [3.05, 3.63) is 38.9 Å². The van der Waals surface area contributed by atoms with Crippen LogP contribution in [0.1, 0.15) is 16.7 Å². The van der Waals surface area contributed by atoms with Crippen LogP contribution in [0.3, 0.4) is 0 Å². The molecule has 0 saturated carbocycles. The maximum absolute atomic E-state index is 11.9. The number of aryl methyl sites for hydroxylation is 1. The molecule has 4 nitrogen and oxygen atoms in total. The number of halogens is 3. The van der Waals surface area contributed by atoms with E-state index in [0.29, 0.717) is 11.1 Å². The standard InChI is InChI=1S/C11H12F3NO3/c1-7-3-4-9(5-18-6-11(12,13)14)10(8(7)2)15(16)17/h3-4H,5-6H2,1-2H3. The monoisotopic (exact) mass is 263 g/mol. The molecule has 0 aliphatic carbocycles. The molecule has 100 valence electrons. The largest absolute Gasteiger partial charge is 0.411 e. The lowest BCUT2D eigenvalue weighted by Gasteiger charge is -2.10. The minimum atomic E-state index is -4.44. The van der Waals surface area contributed by atoms with Crippen LogP contribution in [0.25, 0.3) is 0 Å². The second-order valence-corrected chi connectivity index (χ2v) is 3.88. The van der Waals surface area contributed by atoms with Crippen molar-refractivity contribution in [3.8, 4) is 0 Å². The fourth-order valence-electron chi connectivity index (χ4n) is 1.50. The van der Waals surface area contributed by atoms with Crippen molar-refractivity contribution >= 4 is 5.69 Å². The molecule has 0 heterocycles. The summed E-state index contributed by atoms with van der Waals surface area (Å²) in [5.41, 5.74) is 1.11. The highest BCUT2D eigenvalue weighted by Crippen LogP contribution is 2.27. The van der Waals surface area contributed by atoms with Gasteiger partial charge in [-0.2, -0.15) is 13.2 Å². The summed E-state index contributed by atoms with van der Waals surface area (Å²) in [4.78, 5) is 10.3. The molecule has 0 atom stereocenters. The van der Waals surface area contributed by atoms with Crippen LogP contribution >= 0.6 is 0 Å². The van der Waals surface area contributed by atoms with Gasteiger partial charge in [0.05, 0.1) is 17.1 Å². The number of hydrogen-bond acceptors (Lipinski definition) is 3. The van der Waals surface area contributed by atoms with Crippen molar-refractivity contribution in [2.45, 2.75) is 26.6 Å². The highest BCUT2D eigenvalue weighted by atomic mass is 19.4. The number of benzene rings is 1. The Hall–Kier alpha value is -1.63. The number of rotatable bonds is 4. The zero-order valence-electron chi connectivity index (χ0n) is 9.87. The van der Waals surface area contributed by atoms with Gasteiger partial charge in [0.1, 0.15) is 6.61 Å². The van der Waals surface area contributed by atoms with Crippen LogP contribution in [0.15, 0.2) is 12.1 Å². The van der Waals surface area contributed by atoms with Gasteiger partial charge in [-0.05, 0) is 25.5 Å². The topological polar surface area (TPSA) is 52.4 Å². The molecule has 0 unspecified atom stereocenters.